The second-order valence-electron chi connectivity index (χ2n) is 8.76. The van der Waals surface area contributed by atoms with Crippen LogP contribution in [0, 0.1) is 12.8 Å². The monoisotopic (exact) mass is 584 g/mol. The molecular weight excluding hydrogens is 556 g/mol. The molecule has 12 heteroatoms. The number of aryl methyl sites for hydroxylation is 1. The number of hydrogen-bond donors (Lipinski definition) is 3. The molecule has 4 rings (SSSR count). The van der Waals surface area contributed by atoms with Gasteiger partial charge in [0.05, 0.1) is 31.8 Å². The number of nitrogens with one attached hydrogen (secondary N) is 1. The maximum atomic E-state index is 13.0. The molecule has 0 aliphatic heterocycles. The molecule has 0 amide bonds. The number of benzene rings is 2. The Balaban J connectivity index is 1.58. The van der Waals surface area contributed by atoms with Gasteiger partial charge in [-0.25, -0.2) is 8.42 Å². The van der Waals surface area contributed by atoms with Crippen LogP contribution in [0.1, 0.15) is 21.7 Å². The lowest BCUT2D eigenvalue weighted by molar-refractivity contribution is 0.104. The standard InChI is InChI=1S/C28H28N2O8S2/c1-18-12-28(29-38-18)30-40(34,35)22-8-5-20(6-9-22)24(33)10-7-21-13-23(27-4-3-11-39-27)26(36-2)14-25(21)37-17-19(15-31)16-32/h3-14,19,31-32H,15-17H2,1-2H3,(H,29,30)/b10-7+. The van der Waals surface area contributed by atoms with Gasteiger partial charge >= 0.3 is 0 Å². The molecule has 10 nitrogen and oxygen atoms in total. The third-order valence-electron chi connectivity index (χ3n) is 5.84. The molecule has 0 aliphatic carbocycles. The summed E-state index contributed by atoms with van der Waals surface area (Å²) < 4.78 is 43.9. The first-order valence-corrected chi connectivity index (χ1v) is 14.5. The highest BCUT2D eigenvalue weighted by molar-refractivity contribution is 7.92. The first kappa shape index (κ1) is 29.0. The van der Waals surface area contributed by atoms with Gasteiger partial charge in [0.2, 0.25) is 0 Å². The Morgan fingerprint density at radius 2 is 1.88 bits per heavy atom. The normalized spacial score (nSPS) is 11.7. The zero-order valence-corrected chi connectivity index (χ0v) is 23.4. The van der Waals surface area contributed by atoms with Crippen LogP contribution in [0.4, 0.5) is 5.82 Å². The number of aliphatic hydroxyl groups is 2. The number of methoxy groups -OCH3 is 1. The molecule has 0 spiro atoms. The van der Waals surface area contributed by atoms with E-state index in [1.165, 1.54) is 47.7 Å². The predicted octanol–water partition coefficient (Wildman–Crippen LogP) is 4.40. The van der Waals surface area contributed by atoms with Crippen LogP contribution >= 0.6 is 11.3 Å². The topological polar surface area (TPSA) is 148 Å². The van der Waals surface area contributed by atoms with Gasteiger partial charge in [0.15, 0.2) is 11.6 Å². The molecule has 0 fully saturated rings. The Morgan fingerprint density at radius 3 is 2.48 bits per heavy atom. The molecular formula is C28H28N2O8S2. The second-order valence-corrected chi connectivity index (χ2v) is 11.4. The Labute approximate surface area is 235 Å². The number of ketones is 1. The molecule has 4 aromatic rings. The summed E-state index contributed by atoms with van der Waals surface area (Å²) in [5, 5.41) is 24.4. The van der Waals surface area contributed by atoms with Crippen LogP contribution in [0.5, 0.6) is 11.5 Å². The predicted molar refractivity (Wildman–Crippen MR) is 151 cm³/mol. The second kappa shape index (κ2) is 12.9. The van der Waals surface area contributed by atoms with Crippen LogP contribution in [0.25, 0.3) is 16.5 Å². The fourth-order valence-electron chi connectivity index (χ4n) is 3.67. The molecule has 0 saturated carbocycles. The molecule has 0 radical (unpaired) electrons. The fourth-order valence-corrected chi connectivity index (χ4v) is 5.40. The fraction of sp³-hybridized carbons (Fsp3) is 0.214. The van der Waals surface area contributed by atoms with Crippen molar-refractivity contribution in [3.63, 3.8) is 0 Å². The molecule has 0 bridgehead atoms. The van der Waals surface area contributed by atoms with Crippen molar-refractivity contribution in [1.82, 2.24) is 5.16 Å². The van der Waals surface area contributed by atoms with Gasteiger partial charge in [-0.1, -0.05) is 11.2 Å². The number of aliphatic hydroxyl groups excluding tert-OH is 2. The summed E-state index contributed by atoms with van der Waals surface area (Å²) in [5.41, 5.74) is 1.67. The minimum absolute atomic E-state index is 0.0394. The summed E-state index contributed by atoms with van der Waals surface area (Å²) in [4.78, 5) is 13.9. The van der Waals surface area contributed by atoms with Crippen molar-refractivity contribution < 1.29 is 37.4 Å². The largest absolute Gasteiger partial charge is 0.496 e. The van der Waals surface area contributed by atoms with Crippen molar-refractivity contribution in [2.75, 3.05) is 31.7 Å². The Hall–Kier alpha value is -3.97. The highest BCUT2D eigenvalue weighted by Crippen LogP contribution is 2.39. The van der Waals surface area contributed by atoms with Crippen molar-refractivity contribution >= 4 is 39.0 Å². The summed E-state index contributed by atoms with van der Waals surface area (Å²) in [6.45, 7) is 1.21. The lowest BCUT2D eigenvalue weighted by atomic mass is 10.0. The van der Waals surface area contributed by atoms with Gasteiger partial charge in [-0.2, -0.15) is 0 Å². The molecule has 2 heterocycles. The lowest BCUT2D eigenvalue weighted by Gasteiger charge is -2.17. The van der Waals surface area contributed by atoms with Gasteiger partial charge in [-0.15, -0.1) is 11.3 Å². The average molecular weight is 585 g/mol. The summed E-state index contributed by atoms with van der Waals surface area (Å²) >= 11 is 1.53. The molecule has 210 valence electrons. The molecule has 40 heavy (non-hydrogen) atoms. The van der Waals surface area contributed by atoms with Crippen LogP contribution in [-0.4, -0.2) is 56.5 Å². The van der Waals surface area contributed by atoms with Gasteiger partial charge < -0.3 is 24.2 Å². The van der Waals surface area contributed by atoms with Gasteiger partial charge in [-0.3, -0.25) is 9.52 Å². The van der Waals surface area contributed by atoms with Crippen molar-refractivity contribution in [3.05, 3.63) is 82.9 Å². The zero-order valence-electron chi connectivity index (χ0n) is 21.7. The van der Waals surface area contributed by atoms with Crippen molar-refractivity contribution in [2.45, 2.75) is 11.8 Å². The first-order valence-electron chi connectivity index (χ1n) is 12.1. The lowest BCUT2D eigenvalue weighted by Crippen LogP contribution is -2.20. The van der Waals surface area contributed by atoms with Crippen LogP contribution < -0.4 is 14.2 Å². The van der Waals surface area contributed by atoms with Gasteiger partial charge in [0.25, 0.3) is 10.0 Å². The molecule has 0 saturated heterocycles. The number of ether oxygens (including phenoxy) is 2. The van der Waals surface area contributed by atoms with Crippen LogP contribution in [0.3, 0.4) is 0 Å². The van der Waals surface area contributed by atoms with Crippen molar-refractivity contribution in [3.8, 4) is 21.9 Å². The van der Waals surface area contributed by atoms with Gasteiger partial charge in [0, 0.05) is 39.6 Å². The summed E-state index contributed by atoms with van der Waals surface area (Å²) in [5.74, 6) is 0.663. The number of hydrogen-bond acceptors (Lipinski definition) is 10. The molecule has 0 atom stereocenters. The number of allylic oxidation sites excluding steroid dienone is 1. The van der Waals surface area contributed by atoms with Crippen molar-refractivity contribution in [2.24, 2.45) is 5.92 Å². The zero-order chi connectivity index (χ0) is 28.7. The number of carbonyl (C=O) groups is 1. The Morgan fingerprint density at radius 1 is 1.12 bits per heavy atom. The number of thiophene rings is 1. The van der Waals surface area contributed by atoms with E-state index in [2.05, 4.69) is 9.88 Å². The highest BCUT2D eigenvalue weighted by atomic mass is 32.2. The molecule has 3 N–H and O–H groups in total. The van der Waals surface area contributed by atoms with Crippen LogP contribution in [0.15, 0.2) is 75.5 Å². The molecule has 0 unspecified atom stereocenters. The van der Waals surface area contributed by atoms with E-state index in [9.17, 15) is 23.4 Å². The number of carbonyl (C=O) groups excluding carboxylic acids is 1. The number of sulfonamides is 1. The highest BCUT2D eigenvalue weighted by Gasteiger charge is 2.18. The molecule has 0 aliphatic rings. The third kappa shape index (κ3) is 6.96. The van der Waals surface area contributed by atoms with Gasteiger partial charge in [-0.05, 0) is 60.9 Å². The number of aromatic nitrogens is 1. The van der Waals surface area contributed by atoms with E-state index < -0.39 is 15.9 Å². The maximum Gasteiger partial charge on any atom is 0.263 e. The summed E-state index contributed by atoms with van der Waals surface area (Å²) in [6.07, 6.45) is 2.96. The maximum absolute atomic E-state index is 13.0. The van der Waals surface area contributed by atoms with Crippen molar-refractivity contribution in [1.29, 1.82) is 0 Å². The molecule has 2 aromatic carbocycles. The number of nitrogens with zero attached hydrogens (tertiary/aromatic N) is 1. The van der Waals surface area contributed by atoms with E-state index in [4.69, 9.17) is 14.0 Å². The van der Waals surface area contributed by atoms with E-state index >= 15 is 0 Å². The minimum atomic E-state index is -3.92. The minimum Gasteiger partial charge on any atom is -0.496 e. The van der Waals surface area contributed by atoms with E-state index in [0.29, 0.717) is 22.8 Å². The smallest absolute Gasteiger partial charge is 0.263 e. The summed E-state index contributed by atoms with van der Waals surface area (Å²) in [7, 11) is -2.37. The van der Waals surface area contributed by atoms with E-state index in [0.717, 1.165) is 10.4 Å². The van der Waals surface area contributed by atoms with Crippen LogP contribution in [0.2, 0.25) is 0 Å². The quantitative estimate of drug-likeness (QED) is 0.154. The van der Waals surface area contributed by atoms with E-state index in [1.807, 2.05) is 23.6 Å². The average Bonchev–Trinajstić information content (AvgIpc) is 3.64. The summed E-state index contributed by atoms with van der Waals surface area (Å²) in [6, 6.07) is 14.4. The number of anilines is 1. The Kier molecular flexibility index (Phi) is 9.38. The number of rotatable bonds is 13. The SMILES string of the molecule is COc1cc(OCC(CO)CO)c(/C=C/C(=O)c2ccc(S(=O)(=O)Nc3cc(C)on3)cc2)cc1-c1cccs1. The van der Waals surface area contributed by atoms with Gasteiger partial charge in [0.1, 0.15) is 17.3 Å². The first-order chi connectivity index (χ1) is 19.2. The molecule has 2 aromatic heterocycles. The van der Waals surface area contributed by atoms with E-state index in [1.54, 1.807) is 26.2 Å². The Bertz CT molecular complexity index is 1570. The third-order valence-corrected chi connectivity index (χ3v) is 8.11. The van der Waals surface area contributed by atoms with E-state index in [-0.39, 0.29) is 41.9 Å². The van der Waals surface area contributed by atoms with Crippen LogP contribution in [-0.2, 0) is 10.0 Å².